The molecule has 0 aromatic heterocycles. The molecule has 20 heavy (non-hydrogen) atoms. The van der Waals surface area contributed by atoms with E-state index in [9.17, 15) is 8.42 Å². The SMILES string of the molecule is CCN(CC)CCCN1C[C@@H](C)N(S(C)(=O)=O)C[C@H]1C. The van der Waals surface area contributed by atoms with Crippen LogP contribution in [0.3, 0.4) is 0 Å². The van der Waals surface area contributed by atoms with Crippen LogP contribution in [0.15, 0.2) is 0 Å². The molecule has 5 nitrogen and oxygen atoms in total. The van der Waals surface area contributed by atoms with Crippen LogP contribution in [0.5, 0.6) is 0 Å². The van der Waals surface area contributed by atoms with Crippen molar-refractivity contribution in [3.05, 3.63) is 0 Å². The van der Waals surface area contributed by atoms with Crippen molar-refractivity contribution < 1.29 is 8.42 Å². The minimum absolute atomic E-state index is 0.0784. The van der Waals surface area contributed by atoms with Gasteiger partial charge >= 0.3 is 0 Å². The molecule has 0 radical (unpaired) electrons. The van der Waals surface area contributed by atoms with Gasteiger partial charge in [-0.1, -0.05) is 13.8 Å². The molecule has 0 unspecified atom stereocenters. The van der Waals surface area contributed by atoms with Gasteiger partial charge in [0.25, 0.3) is 0 Å². The standard InChI is InChI=1S/C14H31N3O2S/c1-6-15(7-2)9-8-10-16-11-14(4)17(12-13(16)3)20(5,18)19/h13-14H,6-12H2,1-5H3/t13-,14-/m1/s1. The summed E-state index contributed by atoms with van der Waals surface area (Å²) in [4.78, 5) is 4.86. The van der Waals surface area contributed by atoms with Gasteiger partial charge in [-0.25, -0.2) is 8.42 Å². The fourth-order valence-corrected chi connectivity index (χ4v) is 4.18. The lowest BCUT2D eigenvalue weighted by atomic mass is 10.1. The van der Waals surface area contributed by atoms with E-state index in [1.165, 1.54) is 6.26 Å². The highest BCUT2D eigenvalue weighted by Gasteiger charge is 2.33. The van der Waals surface area contributed by atoms with Crippen LogP contribution in [0.1, 0.15) is 34.1 Å². The van der Waals surface area contributed by atoms with Crippen molar-refractivity contribution in [2.24, 2.45) is 0 Å². The molecular formula is C14H31N3O2S. The molecule has 0 N–H and O–H groups in total. The summed E-state index contributed by atoms with van der Waals surface area (Å²) in [6, 6.07) is 0.382. The second kappa shape index (κ2) is 7.73. The van der Waals surface area contributed by atoms with Gasteiger partial charge in [-0.2, -0.15) is 4.31 Å². The molecule has 0 aromatic rings. The van der Waals surface area contributed by atoms with Crippen molar-refractivity contribution in [2.75, 3.05) is 45.5 Å². The van der Waals surface area contributed by atoms with Gasteiger partial charge in [-0.05, 0) is 46.4 Å². The van der Waals surface area contributed by atoms with E-state index in [4.69, 9.17) is 0 Å². The quantitative estimate of drug-likeness (QED) is 0.706. The van der Waals surface area contributed by atoms with Crippen LogP contribution < -0.4 is 0 Å². The van der Waals surface area contributed by atoms with Crippen LogP contribution in [0.2, 0.25) is 0 Å². The number of hydrogen-bond donors (Lipinski definition) is 0. The van der Waals surface area contributed by atoms with Gasteiger partial charge < -0.3 is 4.90 Å². The zero-order chi connectivity index (χ0) is 15.3. The molecule has 0 aromatic carbocycles. The van der Waals surface area contributed by atoms with Gasteiger partial charge in [0, 0.05) is 25.2 Å². The van der Waals surface area contributed by atoms with Crippen LogP contribution in [-0.2, 0) is 10.0 Å². The predicted octanol–water partition coefficient (Wildman–Crippen LogP) is 1.07. The van der Waals surface area contributed by atoms with Gasteiger partial charge in [-0.3, -0.25) is 4.90 Å². The van der Waals surface area contributed by atoms with Crippen molar-refractivity contribution in [2.45, 2.75) is 46.2 Å². The largest absolute Gasteiger partial charge is 0.304 e. The molecule has 2 atom stereocenters. The molecule has 6 heteroatoms. The third kappa shape index (κ3) is 4.98. The Labute approximate surface area is 125 Å². The molecule has 1 fully saturated rings. The number of piperazine rings is 1. The van der Waals surface area contributed by atoms with Gasteiger partial charge in [0.2, 0.25) is 10.0 Å². The predicted molar refractivity (Wildman–Crippen MR) is 84.5 cm³/mol. The van der Waals surface area contributed by atoms with E-state index >= 15 is 0 Å². The summed E-state index contributed by atoms with van der Waals surface area (Å²) in [5.74, 6) is 0. The fourth-order valence-electron chi connectivity index (χ4n) is 2.98. The monoisotopic (exact) mass is 305 g/mol. The Morgan fingerprint density at radius 2 is 1.70 bits per heavy atom. The van der Waals surface area contributed by atoms with Gasteiger partial charge in [-0.15, -0.1) is 0 Å². The highest BCUT2D eigenvalue weighted by molar-refractivity contribution is 7.88. The number of nitrogens with zero attached hydrogens (tertiary/aromatic N) is 3. The van der Waals surface area contributed by atoms with Crippen LogP contribution >= 0.6 is 0 Å². The van der Waals surface area contributed by atoms with E-state index in [0.29, 0.717) is 12.6 Å². The molecule has 0 aliphatic carbocycles. The summed E-state index contributed by atoms with van der Waals surface area (Å²) in [6.45, 7) is 14.4. The summed E-state index contributed by atoms with van der Waals surface area (Å²) >= 11 is 0. The molecule has 1 rings (SSSR count). The summed E-state index contributed by atoms with van der Waals surface area (Å²) < 4.78 is 25.1. The summed E-state index contributed by atoms with van der Waals surface area (Å²) in [5, 5.41) is 0. The second-order valence-electron chi connectivity index (χ2n) is 5.91. The fraction of sp³-hybridized carbons (Fsp3) is 1.00. The van der Waals surface area contributed by atoms with Gasteiger partial charge in [0.15, 0.2) is 0 Å². The Kier molecular flexibility index (Phi) is 6.91. The van der Waals surface area contributed by atoms with Crippen molar-refractivity contribution in [1.82, 2.24) is 14.1 Å². The highest BCUT2D eigenvalue weighted by Crippen LogP contribution is 2.18. The average Bonchev–Trinajstić information content (AvgIpc) is 2.36. The third-order valence-corrected chi connectivity index (χ3v) is 5.66. The number of rotatable bonds is 7. The van der Waals surface area contributed by atoms with Crippen LogP contribution in [0.25, 0.3) is 0 Å². The van der Waals surface area contributed by atoms with Crippen molar-refractivity contribution in [3.8, 4) is 0 Å². The van der Waals surface area contributed by atoms with E-state index in [1.807, 2.05) is 6.92 Å². The van der Waals surface area contributed by atoms with Crippen molar-refractivity contribution in [3.63, 3.8) is 0 Å². The highest BCUT2D eigenvalue weighted by atomic mass is 32.2. The first-order valence-corrected chi connectivity index (χ1v) is 9.57. The molecule has 1 heterocycles. The van der Waals surface area contributed by atoms with E-state index in [-0.39, 0.29) is 6.04 Å². The molecule has 0 saturated carbocycles. The van der Waals surface area contributed by atoms with E-state index < -0.39 is 10.0 Å². The maximum Gasteiger partial charge on any atom is 0.211 e. The van der Waals surface area contributed by atoms with Crippen molar-refractivity contribution >= 4 is 10.0 Å². The Hall–Kier alpha value is -0.170. The maximum absolute atomic E-state index is 11.7. The molecule has 1 aliphatic rings. The first-order valence-electron chi connectivity index (χ1n) is 7.72. The number of sulfonamides is 1. The molecule has 0 spiro atoms. The summed E-state index contributed by atoms with van der Waals surface area (Å²) in [5.41, 5.74) is 0. The Morgan fingerprint density at radius 1 is 1.10 bits per heavy atom. The van der Waals surface area contributed by atoms with Gasteiger partial charge in [0.05, 0.1) is 6.26 Å². The van der Waals surface area contributed by atoms with Crippen molar-refractivity contribution in [1.29, 1.82) is 0 Å². The molecule has 120 valence electrons. The van der Waals surface area contributed by atoms with Crippen LogP contribution in [0.4, 0.5) is 0 Å². The second-order valence-corrected chi connectivity index (χ2v) is 7.84. The lowest BCUT2D eigenvalue weighted by molar-refractivity contribution is 0.0889. The Bertz CT molecular complexity index is 382. The zero-order valence-corrected chi connectivity index (χ0v) is 14.5. The third-order valence-electron chi connectivity index (χ3n) is 4.30. The summed E-state index contributed by atoms with van der Waals surface area (Å²) in [7, 11) is -3.07. The molecule has 1 aliphatic heterocycles. The van der Waals surface area contributed by atoms with Gasteiger partial charge in [0.1, 0.15) is 0 Å². The van der Waals surface area contributed by atoms with Crippen LogP contribution in [0, 0.1) is 0 Å². The first-order chi connectivity index (χ1) is 9.29. The smallest absolute Gasteiger partial charge is 0.211 e. The van der Waals surface area contributed by atoms with Crippen LogP contribution in [-0.4, -0.2) is 80.1 Å². The molecule has 0 amide bonds. The first kappa shape index (κ1) is 17.9. The topological polar surface area (TPSA) is 43.9 Å². The molecule has 0 bridgehead atoms. The van der Waals surface area contributed by atoms with E-state index in [2.05, 4.69) is 30.6 Å². The normalized spacial score (nSPS) is 26.3. The minimum atomic E-state index is -3.07. The molecular weight excluding hydrogens is 274 g/mol. The van der Waals surface area contributed by atoms with E-state index in [0.717, 1.165) is 39.1 Å². The average molecular weight is 305 g/mol. The summed E-state index contributed by atoms with van der Waals surface area (Å²) in [6.07, 6.45) is 2.46. The number of hydrogen-bond acceptors (Lipinski definition) is 4. The zero-order valence-electron chi connectivity index (χ0n) is 13.7. The Morgan fingerprint density at radius 3 is 2.20 bits per heavy atom. The lowest BCUT2D eigenvalue weighted by Crippen LogP contribution is -2.57. The maximum atomic E-state index is 11.7. The Balaban J connectivity index is 2.46. The minimum Gasteiger partial charge on any atom is -0.304 e. The lowest BCUT2D eigenvalue weighted by Gasteiger charge is -2.43. The van der Waals surface area contributed by atoms with E-state index in [1.54, 1.807) is 4.31 Å². The molecule has 1 saturated heterocycles.